The Morgan fingerprint density at radius 2 is 2.00 bits per heavy atom. The number of aromatic nitrogens is 1. The largest absolute Gasteiger partial charge is 0.444 e. The Balaban J connectivity index is 1.48. The van der Waals surface area contributed by atoms with Gasteiger partial charge in [-0.2, -0.15) is 0 Å². The minimum Gasteiger partial charge on any atom is -0.444 e. The summed E-state index contributed by atoms with van der Waals surface area (Å²) >= 11 is 5.24. The summed E-state index contributed by atoms with van der Waals surface area (Å²) in [4.78, 5) is 10.1. The number of rotatable bonds is 6. The highest BCUT2D eigenvalue weighted by Gasteiger charge is 2.07. The van der Waals surface area contributed by atoms with Crippen molar-refractivity contribution in [3.8, 4) is 11.5 Å². The topological polar surface area (TPSA) is 62.5 Å². The van der Waals surface area contributed by atoms with Gasteiger partial charge in [-0.1, -0.05) is 17.7 Å². The number of aliphatic imine (C=N–C) groups is 1. The molecule has 0 fully saturated rings. The van der Waals surface area contributed by atoms with E-state index in [1.54, 1.807) is 24.6 Å². The first-order valence-corrected chi connectivity index (χ1v) is 9.95. The first-order chi connectivity index (χ1) is 12.6. The average molecular weight is 433 g/mol. The molecule has 0 aliphatic heterocycles. The van der Waals surface area contributed by atoms with Gasteiger partial charge in [0.2, 0.25) is 5.89 Å². The third kappa shape index (κ3) is 5.19. The molecule has 0 unspecified atom stereocenters. The number of nitrogens with zero attached hydrogens (tertiary/aromatic N) is 2. The highest BCUT2D eigenvalue weighted by molar-refractivity contribution is 9.11. The van der Waals surface area contributed by atoms with Gasteiger partial charge in [-0.15, -0.1) is 11.3 Å². The van der Waals surface area contributed by atoms with E-state index in [0.717, 1.165) is 34.0 Å². The first-order valence-electron chi connectivity index (χ1n) is 8.34. The molecule has 0 spiro atoms. The van der Waals surface area contributed by atoms with Crippen LogP contribution >= 0.6 is 27.3 Å². The molecule has 1 aromatic carbocycles. The van der Waals surface area contributed by atoms with Crippen LogP contribution in [0.5, 0.6) is 0 Å². The Hall–Kier alpha value is -2.12. The minimum absolute atomic E-state index is 0.555. The summed E-state index contributed by atoms with van der Waals surface area (Å²) in [6.45, 7) is 3.43. The van der Waals surface area contributed by atoms with E-state index in [9.17, 15) is 0 Å². The quantitative estimate of drug-likeness (QED) is 0.447. The van der Waals surface area contributed by atoms with Gasteiger partial charge >= 0.3 is 0 Å². The fraction of sp³-hybridized carbons (Fsp3) is 0.263. The second-order valence-electron chi connectivity index (χ2n) is 5.82. The van der Waals surface area contributed by atoms with Crippen LogP contribution in [-0.2, 0) is 13.0 Å². The van der Waals surface area contributed by atoms with E-state index in [4.69, 9.17) is 4.42 Å². The molecule has 3 rings (SSSR count). The molecule has 0 aliphatic carbocycles. The lowest BCUT2D eigenvalue weighted by molar-refractivity contribution is 0.572. The molecule has 2 aromatic heterocycles. The summed E-state index contributed by atoms with van der Waals surface area (Å²) in [6.07, 6.45) is 2.64. The number of hydrogen-bond acceptors (Lipinski definition) is 4. The van der Waals surface area contributed by atoms with Crippen LogP contribution in [0.4, 0.5) is 0 Å². The van der Waals surface area contributed by atoms with Gasteiger partial charge in [0.25, 0.3) is 0 Å². The van der Waals surface area contributed by atoms with Gasteiger partial charge in [-0.25, -0.2) is 4.98 Å². The van der Waals surface area contributed by atoms with Gasteiger partial charge < -0.3 is 15.1 Å². The molecule has 7 heteroatoms. The van der Waals surface area contributed by atoms with Gasteiger partial charge in [0, 0.05) is 24.0 Å². The SMILES string of the molecule is CN=C(NCCc1ccc(Br)s1)NCc1coc(-c2ccc(C)cc2)n1. The summed E-state index contributed by atoms with van der Waals surface area (Å²) in [5.74, 6) is 1.38. The number of nitrogens with one attached hydrogen (secondary N) is 2. The summed E-state index contributed by atoms with van der Waals surface area (Å²) in [7, 11) is 1.76. The molecule has 26 heavy (non-hydrogen) atoms. The smallest absolute Gasteiger partial charge is 0.226 e. The molecule has 0 radical (unpaired) electrons. The molecule has 0 saturated heterocycles. The number of oxazole rings is 1. The van der Waals surface area contributed by atoms with Gasteiger partial charge in [-0.3, -0.25) is 4.99 Å². The summed E-state index contributed by atoms with van der Waals surface area (Å²) in [6, 6.07) is 12.3. The third-order valence-electron chi connectivity index (χ3n) is 3.80. The van der Waals surface area contributed by atoms with Crippen molar-refractivity contribution in [1.29, 1.82) is 0 Å². The van der Waals surface area contributed by atoms with E-state index >= 15 is 0 Å². The predicted molar refractivity (Wildman–Crippen MR) is 111 cm³/mol. The fourth-order valence-electron chi connectivity index (χ4n) is 2.40. The lowest BCUT2D eigenvalue weighted by Gasteiger charge is -2.10. The van der Waals surface area contributed by atoms with Crippen molar-refractivity contribution in [1.82, 2.24) is 15.6 Å². The highest BCUT2D eigenvalue weighted by atomic mass is 79.9. The van der Waals surface area contributed by atoms with Crippen molar-refractivity contribution < 1.29 is 4.42 Å². The average Bonchev–Trinajstić information content (AvgIpc) is 3.28. The van der Waals surface area contributed by atoms with Crippen LogP contribution in [0.3, 0.4) is 0 Å². The molecule has 3 aromatic rings. The first kappa shape index (κ1) is 18.7. The molecule has 0 amide bonds. The third-order valence-corrected chi connectivity index (χ3v) is 5.49. The zero-order chi connectivity index (χ0) is 18.4. The number of thiophene rings is 1. The molecule has 0 bridgehead atoms. The van der Waals surface area contributed by atoms with Crippen LogP contribution in [0.15, 0.2) is 55.9 Å². The number of benzene rings is 1. The standard InChI is InChI=1S/C19H21BrN4OS/c1-13-3-5-14(6-4-13)18-24-15(12-25-18)11-23-19(21-2)22-10-9-16-7-8-17(20)26-16/h3-8,12H,9-11H2,1-2H3,(H2,21,22,23). The maximum absolute atomic E-state index is 5.58. The second kappa shape index (κ2) is 9.00. The summed E-state index contributed by atoms with van der Waals surface area (Å²) in [5.41, 5.74) is 3.03. The van der Waals surface area contributed by atoms with E-state index in [1.165, 1.54) is 10.4 Å². The Morgan fingerprint density at radius 3 is 2.69 bits per heavy atom. The highest BCUT2D eigenvalue weighted by Crippen LogP contribution is 2.22. The number of halogens is 1. The zero-order valence-electron chi connectivity index (χ0n) is 14.8. The normalized spacial score (nSPS) is 11.6. The van der Waals surface area contributed by atoms with E-state index < -0.39 is 0 Å². The maximum atomic E-state index is 5.58. The van der Waals surface area contributed by atoms with Crippen molar-refractivity contribution in [2.45, 2.75) is 19.9 Å². The molecule has 2 N–H and O–H groups in total. The monoisotopic (exact) mass is 432 g/mol. The van der Waals surface area contributed by atoms with Crippen molar-refractivity contribution in [3.63, 3.8) is 0 Å². The second-order valence-corrected chi connectivity index (χ2v) is 8.37. The number of hydrogen-bond donors (Lipinski definition) is 2. The molecular weight excluding hydrogens is 412 g/mol. The lowest BCUT2D eigenvalue weighted by Crippen LogP contribution is -2.37. The molecule has 0 aliphatic rings. The fourth-order valence-corrected chi connectivity index (χ4v) is 3.88. The Kier molecular flexibility index (Phi) is 6.46. The van der Waals surface area contributed by atoms with Crippen molar-refractivity contribution in [2.75, 3.05) is 13.6 Å². The van der Waals surface area contributed by atoms with Crippen molar-refractivity contribution in [3.05, 3.63) is 62.6 Å². The molecule has 2 heterocycles. The summed E-state index contributed by atoms with van der Waals surface area (Å²) in [5, 5.41) is 6.58. The molecule has 5 nitrogen and oxygen atoms in total. The van der Waals surface area contributed by atoms with Crippen molar-refractivity contribution in [2.24, 2.45) is 4.99 Å². The van der Waals surface area contributed by atoms with Crippen LogP contribution in [0, 0.1) is 6.92 Å². The number of guanidine groups is 1. The van der Waals surface area contributed by atoms with Crippen molar-refractivity contribution >= 4 is 33.2 Å². The molecule has 136 valence electrons. The van der Waals surface area contributed by atoms with Gasteiger partial charge in [0.1, 0.15) is 6.26 Å². The van der Waals surface area contributed by atoms with Gasteiger partial charge in [0.15, 0.2) is 5.96 Å². The minimum atomic E-state index is 0.555. The van der Waals surface area contributed by atoms with Crippen LogP contribution in [0.2, 0.25) is 0 Å². The van der Waals surface area contributed by atoms with E-state index in [2.05, 4.69) is 67.7 Å². The van der Waals surface area contributed by atoms with Crippen LogP contribution < -0.4 is 10.6 Å². The summed E-state index contributed by atoms with van der Waals surface area (Å²) < 4.78 is 6.74. The molecule has 0 saturated carbocycles. The molecule has 0 atom stereocenters. The predicted octanol–water partition coefficient (Wildman–Crippen LogP) is 4.38. The van der Waals surface area contributed by atoms with E-state index in [-0.39, 0.29) is 0 Å². The van der Waals surface area contributed by atoms with Crippen LogP contribution in [-0.4, -0.2) is 24.5 Å². The number of aryl methyl sites for hydroxylation is 1. The Morgan fingerprint density at radius 1 is 1.19 bits per heavy atom. The lowest BCUT2D eigenvalue weighted by atomic mass is 10.1. The van der Waals surface area contributed by atoms with E-state index in [0.29, 0.717) is 12.4 Å². The van der Waals surface area contributed by atoms with Gasteiger partial charge in [0.05, 0.1) is 16.0 Å². The zero-order valence-corrected chi connectivity index (χ0v) is 17.2. The van der Waals surface area contributed by atoms with Gasteiger partial charge in [-0.05, 0) is 53.5 Å². The Bertz CT molecular complexity index is 870. The molecular formula is C19H21BrN4OS. The Labute approximate surface area is 165 Å². The van der Waals surface area contributed by atoms with Crippen LogP contribution in [0.1, 0.15) is 16.1 Å². The maximum Gasteiger partial charge on any atom is 0.226 e. The van der Waals surface area contributed by atoms with Crippen LogP contribution in [0.25, 0.3) is 11.5 Å². The van der Waals surface area contributed by atoms with E-state index in [1.807, 2.05) is 12.1 Å².